The average molecular weight is 420 g/mol. The van der Waals surface area contributed by atoms with Gasteiger partial charge in [-0.2, -0.15) is 0 Å². The highest BCUT2D eigenvalue weighted by molar-refractivity contribution is 8.00. The summed E-state index contributed by atoms with van der Waals surface area (Å²) in [5.41, 5.74) is 1.12. The molecule has 1 aliphatic carbocycles. The first-order valence-corrected chi connectivity index (χ1v) is 11.6. The van der Waals surface area contributed by atoms with Crippen molar-refractivity contribution in [1.29, 1.82) is 0 Å². The quantitative estimate of drug-likeness (QED) is 0.747. The number of nitrogens with one attached hydrogen (secondary N) is 1. The molecule has 0 radical (unpaired) electrons. The van der Waals surface area contributed by atoms with E-state index < -0.39 is 0 Å². The van der Waals surface area contributed by atoms with Gasteiger partial charge >= 0.3 is 6.03 Å². The first-order chi connectivity index (χ1) is 14.2. The largest absolute Gasteiger partial charge is 0.474 e. The van der Waals surface area contributed by atoms with Crippen LogP contribution in [0.15, 0.2) is 11.4 Å². The molecule has 3 aliphatic heterocycles. The third-order valence-electron chi connectivity index (χ3n) is 6.70. The number of fused-ring (bicyclic) bond motifs is 3. The predicted octanol–water partition coefficient (Wildman–Crippen LogP) is 1.71. The summed E-state index contributed by atoms with van der Waals surface area (Å²) in [6, 6.07) is 0.646. The number of nitrogens with zero attached hydrogens (tertiary/aromatic N) is 4. The fraction of sp³-hybridized carbons (Fsp3) is 0.750. The Kier molecular flexibility index (Phi) is 5.53. The Balaban J connectivity index is 1.24. The Morgan fingerprint density at radius 2 is 2.00 bits per heavy atom. The number of ether oxygens (including phenoxy) is 2. The zero-order chi connectivity index (χ0) is 19.8. The highest BCUT2D eigenvalue weighted by atomic mass is 32.2. The van der Waals surface area contributed by atoms with Gasteiger partial charge in [-0.05, 0) is 25.7 Å². The van der Waals surface area contributed by atoms with Crippen LogP contribution < -0.4 is 10.1 Å². The van der Waals surface area contributed by atoms with Crippen LogP contribution >= 0.6 is 11.8 Å². The SMILES string of the molecule is CNC(=O)N1CC2Sc3ncnc(OC4CCC(N5CCOCC5)CC4)c3C2C1. The smallest absolute Gasteiger partial charge is 0.317 e. The van der Waals surface area contributed by atoms with E-state index in [1.165, 1.54) is 12.8 Å². The van der Waals surface area contributed by atoms with E-state index in [2.05, 4.69) is 20.2 Å². The minimum absolute atomic E-state index is 0.0118. The number of likely N-dealkylation sites (tertiary alicyclic amines) is 1. The number of urea groups is 1. The fourth-order valence-electron chi connectivity index (χ4n) is 5.14. The normalized spacial score (nSPS) is 32.0. The van der Waals surface area contributed by atoms with Gasteiger partial charge in [-0.1, -0.05) is 11.8 Å². The summed E-state index contributed by atoms with van der Waals surface area (Å²) in [5, 5.41) is 4.11. The van der Waals surface area contributed by atoms with Crippen LogP contribution in [0.25, 0.3) is 0 Å². The molecule has 4 aliphatic rings. The van der Waals surface area contributed by atoms with E-state index >= 15 is 0 Å². The molecule has 1 saturated carbocycles. The first-order valence-electron chi connectivity index (χ1n) is 10.7. The van der Waals surface area contributed by atoms with Crippen LogP contribution in [-0.2, 0) is 4.74 Å². The van der Waals surface area contributed by atoms with Gasteiger partial charge in [0.15, 0.2) is 0 Å². The number of amides is 2. The van der Waals surface area contributed by atoms with E-state index in [-0.39, 0.29) is 18.1 Å². The molecule has 0 aromatic carbocycles. The lowest BCUT2D eigenvalue weighted by atomic mass is 9.91. The fourth-order valence-corrected chi connectivity index (χ4v) is 6.54. The van der Waals surface area contributed by atoms with Crippen molar-refractivity contribution in [3.8, 4) is 5.88 Å². The van der Waals surface area contributed by atoms with Gasteiger partial charge in [-0.25, -0.2) is 14.8 Å². The van der Waals surface area contributed by atoms with E-state index in [9.17, 15) is 4.79 Å². The maximum atomic E-state index is 12.1. The molecule has 158 valence electrons. The minimum atomic E-state index is -0.0118. The molecule has 0 bridgehead atoms. The van der Waals surface area contributed by atoms with Crippen LogP contribution in [0.1, 0.15) is 37.2 Å². The molecule has 2 amide bonds. The van der Waals surface area contributed by atoms with Crippen molar-refractivity contribution in [2.45, 2.75) is 54.0 Å². The molecule has 9 heteroatoms. The Hall–Kier alpha value is -1.58. The summed E-state index contributed by atoms with van der Waals surface area (Å²) < 4.78 is 11.9. The molecule has 29 heavy (non-hydrogen) atoms. The Morgan fingerprint density at radius 3 is 2.76 bits per heavy atom. The van der Waals surface area contributed by atoms with Crippen molar-refractivity contribution in [2.75, 3.05) is 46.4 Å². The van der Waals surface area contributed by atoms with Crippen molar-refractivity contribution < 1.29 is 14.3 Å². The summed E-state index contributed by atoms with van der Waals surface area (Å²) in [4.78, 5) is 25.5. The van der Waals surface area contributed by atoms with E-state index in [1.54, 1.807) is 25.1 Å². The van der Waals surface area contributed by atoms with E-state index in [4.69, 9.17) is 9.47 Å². The highest BCUT2D eigenvalue weighted by Gasteiger charge is 2.45. The average Bonchev–Trinajstić information content (AvgIpc) is 3.33. The third-order valence-corrected chi connectivity index (χ3v) is 8.02. The second kappa shape index (κ2) is 8.28. The number of hydrogen-bond acceptors (Lipinski definition) is 7. The van der Waals surface area contributed by atoms with Crippen LogP contribution in [0.5, 0.6) is 5.88 Å². The summed E-state index contributed by atoms with van der Waals surface area (Å²) in [6.07, 6.45) is 6.30. The van der Waals surface area contributed by atoms with Gasteiger partial charge in [0.1, 0.15) is 17.5 Å². The van der Waals surface area contributed by atoms with E-state index in [0.29, 0.717) is 17.8 Å². The number of hydrogen-bond donors (Lipinski definition) is 1. The molecule has 0 spiro atoms. The summed E-state index contributed by atoms with van der Waals surface area (Å²) in [7, 11) is 1.68. The summed E-state index contributed by atoms with van der Waals surface area (Å²) >= 11 is 1.76. The van der Waals surface area contributed by atoms with Crippen molar-refractivity contribution >= 4 is 17.8 Å². The van der Waals surface area contributed by atoms with Crippen LogP contribution in [0.4, 0.5) is 4.79 Å². The second-order valence-electron chi connectivity index (χ2n) is 8.32. The molecule has 2 atom stereocenters. The molecular weight excluding hydrogens is 390 g/mol. The molecule has 2 unspecified atom stereocenters. The highest BCUT2D eigenvalue weighted by Crippen LogP contribution is 2.51. The van der Waals surface area contributed by atoms with Gasteiger partial charge in [0, 0.05) is 50.4 Å². The number of carbonyl (C=O) groups is 1. The molecule has 1 aromatic heterocycles. The van der Waals surface area contributed by atoms with Gasteiger partial charge in [-0.15, -0.1) is 0 Å². The molecule has 5 rings (SSSR count). The monoisotopic (exact) mass is 419 g/mol. The standard InChI is InChI=1S/C20H29N5O3S/c1-21-20(26)25-10-15-16(11-25)29-19-17(15)18(22-12-23-19)28-14-4-2-13(3-5-14)24-6-8-27-9-7-24/h12-16H,2-11H2,1H3,(H,21,26). The van der Waals surface area contributed by atoms with Crippen molar-refractivity contribution in [1.82, 2.24) is 25.1 Å². The van der Waals surface area contributed by atoms with Crippen LogP contribution in [0.3, 0.4) is 0 Å². The summed E-state index contributed by atoms with van der Waals surface area (Å²) in [6.45, 7) is 5.27. The molecule has 4 heterocycles. The summed E-state index contributed by atoms with van der Waals surface area (Å²) in [5.74, 6) is 0.997. The maximum Gasteiger partial charge on any atom is 0.317 e. The van der Waals surface area contributed by atoms with Crippen LogP contribution in [-0.4, -0.2) is 89.6 Å². The molecule has 2 saturated heterocycles. The number of rotatable bonds is 3. The van der Waals surface area contributed by atoms with Gasteiger partial charge in [0.25, 0.3) is 0 Å². The van der Waals surface area contributed by atoms with E-state index in [0.717, 1.165) is 62.2 Å². The van der Waals surface area contributed by atoms with Crippen molar-refractivity contribution in [3.05, 3.63) is 11.9 Å². The molecule has 8 nitrogen and oxygen atoms in total. The van der Waals surface area contributed by atoms with Crippen molar-refractivity contribution in [3.63, 3.8) is 0 Å². The van der Waals surface area contributed by atoms with Crippen molar-refractivity contribution in [2.24, 2.45) is 0 Å². The first kappa shape index (κ1) is 19.4. The lowest BCUT2D eigenvalue weighted by molar-refractivity contribution is -0.00153. The van der Waals surface area contributed by atoms with Crippen LogP contribution in [0.2, 0.25) is 0 Å². The number of morpholine rings is 1. The topological polar surface area (TPSA) is 79.8 Å². The van der Waals surface area contributed by atoms with E-state index in [1.807, 2.05) is 4.90 Å². The Morgan fingerprint density at radius 1 is 1.21 bits per heavy atom. The zero-order valence-electron chi connectivity index (χ0n) is 16.9. The van der Waals surface area contributed by atoms with Gasteiger partial charge < -0.3 is 19.7 Å². The molecular formula is C20H29N5O3S. The maximum absolute atomic E-state index is 12.1. The lowest BCUT2D eigenvalue weighted by Crippen LogP contribution is -2.46. The van der Waals surface area contributed by atoms with Crippen LogP contribution in [0, 0.1) is 0 Å². The second-order valence-corrected chi connectivity index (χ2v) is 9.55. The number of aromatic nitrogens is 2. The molecule has 1 N–H and O–H groups in total. The van der Waals surface area contributed by atoms with Gasteiger partial charge in [0.05, 0.1) is 18.8 Å². The minimum Gasteiger partial charge on any atom is -0.474 e. The Bertz CT molecular complexity index is 752. The predicted molar refractivity (Wildman–Crippen MR) is 110 cm³/mol. The Labute approximate surface area is 175 Å². The lowest BCUT2D eigenvalue weighted by Gasteiger charge is -2.38. The molecule has 3 fully saturated rings. The number of carbonyl (C=O) groups excluding carboxylic acids is 1. The third kappa shape index (κ3) is 3.80. The zero-order valence-corrected chi connectivity index (χ0v) is 17.7. The van der Waals surface area contributed by atoms with Gasteiger partial charge in [0.2, 0.25) is 5.88 Å². The molecule has 1 aromatic rings. The number of thioether (sulfide) groups is 1. The van der Waals surface area contributed by atoms with Gasteiger partial charge in [-0.3, -0.25) is 4.90 Å².